The first kappa shape index (κ1) is 21.9. The predicted molar refractivity (Wildman–Crippen MR) is 104 cm³/mol. The second-order valence-electron chi connectivity index (χ2n) is 7.78. The van der Waals surface area contributed by atoms with Crippen LogP contribution >= 0.6 is 0 Å². The number of ether oxygens (including phenoxy) is 3. The lowest BCUT2D eigenvalue weighted by Gasteiger charge is -2.42. The van der Waals surface area contributed by atoms with Gasteiger partial charge in [0, 0.05) is 31.3 Å². The van der Waals surface area contributed by atoms with E-state index in [1.54, 1.807) is 13.2 Å². The molecular weight excluding hydrogens is 360 g/mol. The molecule has 0 radical (unpaired) electrons. The van der Waals surface area contributed by atoms with Crippen LogP contribution in [0, 0.1) is 11.8 Å². The van der Waals surface area contributed by atoms with E-state index in [1.807, 2.05) is 19.9 Å². The standard InChI is InChI=1S/C22H30O6/c1-13(2)9-10-19-18-12-26-22(27-16(5)24)21(17(18)11-20(25)28-19)14(3)7-6-8-15(4)23/h9,12,17,19,21-22H,3,6-8,10-11H2,1-2,4-5H3/t17-,19-,21+,22+/m1/s1. The molecule has 0 aromatic carbocycles. The van der Waals surface area contributed by atoms with E-state index in [-0.39, 0.29) is 30.0 Å². The highest BCUT2D eigenvalue weighted by molar-refractivity contribution is 5.75. The molecule has 0 N–H and O–H groups in total. The van der Waals surface area contributed by atoms with E-state index < -0.39 is 18.4 Å². The third-order valence-electron chi connectivity index (χ3n) is 5.05. The maximum Gasteiger partial charge on any atom is 0.307 e. The molecule has 2 aliphatic heterocycles. The van der Waals surface area contributed by atoms with Gasteiger partial charge in [0.1, 0.15) is 11.9 Å². The van der Waals surface area contributed by atoms with Gasteiger partial charge in [-0.3, -0.25) is 9.59 Å². The molecule has 6 nitrogen and oxygen atoms in total. The molecule has 28 heavy (non-hydrogen) atoms. The summed E-state index contributed by atoms with van der Waals surface area (Å²) in [4.78, 5) is 35.1. The molecule has 0 spiro atoms. The second-order valence-corrected chi connectivity index (χ2v) is 7.78. The van der Waals surface area contributed by atoms with Crippen molar-refractivity contribution < 1.29 is 28.6 Å². The van der Waals surface area contributed by atoms with Crippen molar-refractivity contribution in [2.75, 3.05) is 0 Å². The number of cyclic esters (lactones) is 1. The fourth-order valence-corrected chi connectivity index (χ4v) is 3.73. The quantitative estimate of drug-likeness (QED) is 0.460. The summed E-state index contributed by atoms with van der Waals surface area (Å²) in [6, 6.07) is 0. The molecule has 0 aromatic heterocycles. The summed E-state index contributed by atoms with van der Waals surface area (Å²) >= 11 is 0. The fraction of sp³-hybridized carbons (Fsp3) is 0.591. The van der Waals surface area contributed by atoms with Gasteiger partial charge in [-0.25, -0.2) is 0 Å². The van der Waals surface area contributed by atoms with Crippen molar-refractivity contribution in [3.8, 4) is 0 Å². The maximum atomic E-state index is 12.3. The minimum absolute atomic E-state index is 0.118. The first-order chi connectivity index (χ1) is 13.2. The van der Waals surface area contributed by atoms with Crippen LogP contribution in [0.15, 0.2) is 35.6 Å². The van der Waals surface area contributed by atoms with Crippen LogP contribution in [0.1, 0.15) is 59.8 Å². The van der Waals surface area contributed by atoms with Crippen LogP contribution in [-0.2, 0) is 28.6 Å². The summed E-state index contributed by atoms with van der Waals surface area (Å²) in [7, 11) is 0. The highest BCUT2D eigenvalue weighted by atomic mass is 16.7. The van der Waals surface area contributed by atoms with Crippen LogP contribution < -0.4 is 0 Å². The number of esters is 2. The molecule has 0 unspecified atom stereocenters. The number of rotatable bonds is 8. The Morgan fingerprint density at radius 2 is 1.96 bits per heavy atom. The van der Waals surface area contributed by atoms with E-state index in [1.165, 1.54) is 6.92 Å². The first-order valence-electron chi connectivity index (χ1n) is 9.71. The Labute approximate surface area is 166 Å². The highest BCUT2D eigenvalue weighted by Gasteiger charge is 2.46. The van der Waals surface area contributed by atoms with Crippen LogP contribution in [0.2, 0.25) is 0 Å². The van der Waals surface area contributed by atoms with Crippen molar-refractivity contribution in [3.63, 3.8) is 0 Å². The first-order valence-corrected chi connectivity index (χ1v) is 9.71. The lowest BCUT2D eigenvalue weighted by Crippen LogP contribution is -2.45. The molecule has 4 atom stereocenters. The smallest absolute Gasteiger partial charge is 0.307 e. The minimum atomic E-state index is -0.828. The third-order valence-corrected chi connectivity index (χ3v) is 5.05. The van der Waals surface area contributed by atoms with Crippen molar-refractivity contribution in [1.29, 1.82) is 0 Å². The second kappa shape index (κ2) is 9.71. The van der Waals surface area contributed by atoms with E-state index in [2.05, 4.69) is 6.58 Å². The summed E-state index contributed by atoms with van der Waals surface area (Å²) in [6.07, 6.45) is 4.86. The average molecular weight is 390 g/mol. The van der Waals surface area contributed by atoms with Gasteiger partial charge in [0.15, 0.2) is 0 Å². The van der Waals surface area contributed by atoms with Gasteiger partial charge < -0.3 is 19.0 Å². The number of fused-ring (bicyclic) bond motifs is 1. The molecule has 2 rings (SSSR count). The van der Waals surface area contributed by atoms with Crippen molar-refractivity contribution in [3.05, 3.63) is 35.6 Å². The molecule has 6 heteroatoms. The molecule has 0 amide bonds. The number of allylic oxidation sites excluding steroid dienone is 1. The van der Waals surface area contributed by atoms with E-state index in [9.17, 15) is 14.4 Å². The number of carbonyl (C=O) groups excluding carboxylic acids is 3. The lowest BCUT2D eigenvalue weighted by molar-refractivity contribution is -0.185. The number of carbonyl (C=O) groups is 3. The minimum Gasteiger partial charge on any atom is -0.462 e. The Hall–Kier alpha value is -2.37. The van der Waals surface area contributed by atoms with Crippen molar-refractivity contribution in [2.24, 2.45) is 11.8 Å². The fourth-order valence-electron chi connectivity index (χ4n) is 3.73. The zero-order valence-electron chi connectivity index (χ0n) is 17.2. The monoisotopic (exact) mass is 390 g/mol. The molecule has 2 heterocycles. The molecule has 0 bridgehead atoms. The zero-order valence-corrected chi connectivity index (χ0v) is 17.2. The van der Waals surface area contributed by atoms with Gasteiger partial charge in [0.25, 0.3) is 0 Å². The normalized spacial score (nSPS) is 26.1. The molecule has 2 aliphatic rings. The Kier molecular flexibility index (Phi) is 7.61. The molecule has 154 valence electrons. The molecule has 1 fully saturated rings. The number of hydrogen-bond donors (Lipinski definition) is 0. The van der Waals surface area contributed by atoms with Crippen LogP contribution in [0.5, 0.6) is 0 Å². The molecule has 0 aromatic rings. The lowest BCUT2D eigenvalue weighted by atomic mass is 9.73. The Morgan fingerprint density at radius 1 is 1.25 bits per heavy atom. The Bertz CT molecular complexity index is 698. The third kappa shape index (κ3) is 5.81. The predicted octanol–water partition coefficient (Wildman–Crippen LogP) is 4.01. The summed E-state index contributed by atoms with van der Waals surface area (Å²) in [5.74, 6) is -1.16. The topological polar surface area (TPSA) is 78.9 Å². The van der Waals surface area contributed by atoms with Gasteiger partial charge in [-0.2, -0.15) is 0 Å². The average Bonchev–Trinajstić information content (AvgIpc) is 2.58. The summed E-state index contributed by atoms with van der Waals surface area (Å²) < 4.78 is 16.7. The number of hydrogen-bond acceptors (Lipinski definition) is 6. The van der Waals surface area contributed by atoms with Gasteiger partial charge >= 0.3 is 11.9 Å². The van der Waals surface area contributed by atoms with Gasteiger partial charge in [-0.1, -0.05) is 23.8 Å². The summed E-state index contributed by atoms with van der Waals surface area (Å²) in [6.45, 7) is 11.0. The SMILES string of the molecule is C=C(CCCC(C)=O)[C@@H]1[C@H](OC(C)=O)OC=C2[C@H]1CC(=O)O[C@@H]2CC=C(C)C. The van der Waals surface area contributed by atoms with Gasteiger partial charge in [0.05, 0.1) is 18.6 Å². The van der Waals surface area contributed by atoms with Crippen LogP contribution in [0.25, 0.3) is 0 Å². The van der Waals surface area contributed by atoms with Crippen molar-refractivity contribution >= 4 is 17.7 Å². The molecular formula is C22H30O6. The van der Waals surface area contributed by atoms with Crippen LogP contribution in [-0.4, -0.2) is 30.1 Å². The summed E-state index contributed by atoms with van der Waals surface area (Å²) in [5.41, 5.74) is 2.84. The van der Waals surface area contributed by atoms with Crippen molar-refractivity contribution in [1.82, 2.24) is 0 Å². The molecule has 0 saturated carbocycles. The van der Waals surface area contributed by atoms with Crippen molar-refractivity contribution in [2.45, 2.75) is 72.2 Å². The zero-order chi connectivity index (χ0) is 20.8. The summed E-state index contributed by atoms with van der Waals surface area (Å²) in [5, 5.41) is 0. The van der Waals surface area contributed by atoms with E-state index in [0.717, 1.165) is 16.7 Å². The number of ketones is 1. The van der Waals surface area contributed by atoms with Crippen LogP contribution in [0.4, 0.5) is 0 Å². The number of Topliss-reactive ketones (excluding diaryl/α,β-unsaturated/α-hetero) is 1. The molecule has 0 aliphatic carbocycles. The Morgan fingerprint density at radius 3 is 2.57 bits per heavy atom. The van der Waals surface area contributed by atoms with Gasteiger partial charge in [-0.05, 0) is 33.6 Å². The van der Waals surface area contributed by atoms with Crippen LogP contribution in [0.3, 0.4) is 0 Å². The Balaban J connectivity index is 2.27. The maximum absolute atomic E-state index is 12.3. The molecule has 1 saturated heterocycles. The highest BCUT2D eigenvalue weighted by Crippen LogP contribution is 2.44. The largest absolute Gasteiger partial charge is 0.462 e. The van der Waals surface area contributed by atoms with Gasteiger partial charge in [0.2, 0.25) is 6.29 Å². The van der Waals surface area contributed by atoms with Gasteiger partial charge in [-0.15, -0.1) is 0 Å². The van der Waals surface area contributed by atoms with E-state index >= 15 is 0 Å². The van der Waals surface area contributed by atoms with E-state index in [0.29, 0.717) is 25.7 Å². The van der Waals surface area contributed by atoms with E-state index in [4.69, 9.17) is 14.2 Å².